The third-order valence-electron chi connectivity index (χ3n) is 5.96. The molecule has 7 nitrogen and oxygen atoms in total. The van der Waals surface area contributed by atoms with Crippen molar-refractivity contribution in [3.8, 4) is 11.5 Å². The van der Waals surface area contributed by atoms with Crippen molar-refractivity contribution in [1.29, 1.82) is 0 Å². The van der Waals surface area contributed by atoms with Gasteiger partial charge in [0.15, 0.2) is 11.5 Å². The van der Waals surface area contributed by atoms with E-state index in [4.69, 9.17) is 32.1 Å². The van der Waals surface area contributed by atoms with Gasteiger partial charge < -0.3 is 8.92 Å². The van der Waals surface area contributed by atoms with Gasteiger partial charge in [-0.1, -0.05) is 71.7 Å². The summed E-state index contributed by atoms with van der Waals surface area (Å²) in [7, 11) is -2.82. The molecular formula is C28H19Cl2NO6S2. The molecule has 1 fully saturated rings. The maximum absolute atomic E-state index is 13.2. The summed E-state index contributed by atoms with van der Waals surface area (Å²) < 4.78 is 37.2. The maximum atomic E-state index is 13.2. The summed E-state index contributed by atoms with van der Waals surface area (Å²) in [4.78, 5) is 26.9. The summed E-state index contributed by atoms with van der Waals surface area (Å²) in [6.07, 6.45) is 1.52. The van der Waals surface area contributed by atoms with Crippen LogP contribution in [0, 0.1) is 0 Å². The van der Waals surface area contributed by atoms with Gasteiger partial charge in [-0.15, -0.1) is 0 Å². The maximum Gasteiger partial charge on any atom is 0.339 e. The average molecular weight is 601 g/mol. The van der Waals surface area contributed by atoms with Crippen LogP contribution in [-0.2, 0) is 21.5 Å². The number of amides is 2. The lowest BCUT2D eigenvalue weighted by atomic mass is 10.1. The van der Waals surface area contributed by atoms with Crippen molar-refractivity contribution in [2.45, 2.75) is 11.4 Å². The molecule has 1 aliphatic rings. The van der Waals surface area contributed by atoms with Crippen LogP contribution in [0.4, 0.5) is 4.79 Å². The Morgan fingerprint density at radius 2 is 1.59 bits per heavy atom. The Balaban J connectivity index is 1.40. The number of nitrogens with zero attached hydrogens (tertiary/aromatic N) is 1. The molecule has 0 aromatic heterocycles. The molecule has 0 bridgehead atoms. The van der Waals surface area contributed by atoms with Crippen LogP contribution >= 0.6 is 35.0 Å². The second-order valence-electron chi connectivity index (χ2n) is 8.39. The lowest BCUT2D eigenvalue weighted by Gasteiger charge is -2.14. The monoisotopic (exact) mass is 599 g/mol. The highest BCUT2D eigenvalue weighted by Crippen LogP contribution is 2.38. The molecule has 11 heteroatoms. The fraction of sp³-hybridized carbons (Fsp3) is 0.0714. The van der Waals surface area contributed by atoms with Gasteiger partial charge in [-0.3, -0.25) is 14.5 Å². The number of benzene rings is 4. The molecule has 1 aliphatic heterocycles. The Morgan fingerprint density at radius 1 is 0.897 bits per heavy atom. The minimum absolute atomic E-state index is 0.0240. The molecule has 0 aliphatic carbocycles. The molecule has 1 saturated heterocycles. The molecule has 0 saturated carbocycles. The fourth-order valence-corrected chi connectivity index (χ4v) is 6.57. The van der Waals surface area contributed by atoms with E-state index in [-0.39, 0.29) is 27.8 Å². The van der Waals surface area contributed by atoms with Crippen molar-refractivity contribution >= 4 is 73.1 Å². The van der Waals surface area contributed by atoms with E-state index in [1.807, 2.05) is 18.2 Å². The first-order valence-corrected chi connectivity index (χ1v) is 14.4. The number of carbonyl (C=O) groups excluding carboxylic acids is 2. The zero-order valence-corrected chi connectivity index (χ0v) is 23.4. The van der Waals surface area contributed by atoms with Gasteiger partial charge in [0.05, 0.1) is 18.6 Å². The number of imide groups is 1. The van der Waals surface area contributed by atoms with Crippen LogP contribution in [0.5, 0.6) is 11.5 Å². The van der Waals surface area contributed by atoms with Crippen molar-refractivity contribution < 1.29 is 26.9 Å². The molecule has 39 heavy (non-hydrogen) atoms. The minimum atomic E-state index is -4.19. The van der Waals surface area contributed by atoms with E-state index in [1.54, 1.807) is 42.5 Å². The Kier molecular flexibility index (Phi) is 7.59. The summed E-state index contributed by atoms with van der Waals surface area (Å²) in [6, 6.07) is 21.5. The highest BCUT2D eigenvalue weighted by Gasteiger charge is 2.36. The van der Waals surface area contributed by atoms with Crippen LogP contribution in [-0.4, -0.2) is 31.6 Å². The number of methoxy groups -OCH3 is 1. The van der Waals surface area contributed by atoms with Crippen LogP contribution in [0.25, 0.3) is 16.8 Å². The molecule has 198 valence electrons. The third kappa shape index (κ3) is 5.49. The molecule has 0 spiro atoms. The van der Waals surface area contributed by atoms with Crippen LogP contribution < -0.4 is 8.92 Å². The van der Waals surface area contributed by atoms with Crippen LogP contribution in [0.1, 0.15) is 11.1 Å². The molecule has 4 aromatic rings. The minimum Gasteiger partial charge on any atom is -0.493 e. The fourth-order valence-electron chi connectivity index (χ4n) is 4.05. The number of thioether (sulfide) groups is 1. The number of hydrogen-bond donors (Lipinski definition) is 0. The van der Waals surface area contributed by atoms with Gasteiger partial charge in [0.2, 0.25) is 0 Å². The second kappa shape index (κ2) is 10.9. The molecule has 2 amide bonds. The number of rotatable bonds is 7. The third-order valence-corrected chi connectivity index (χ3v) is 8.86. The Hall–Kier alpha value is -3.50. The summed E-state index contributed by atoms with van der Waals surface area (Å²) in [6.45, 7) is -0.0668. The molecule has 0 unspecified atom stereocenters. The predicted molar refractivity (Wildman–Crippen MR) is 153 cm³/mol. The van der Waals surface area contributed by atoms with Crippen LogP contribution in [0.3, 0.4) is 0 Å². The molecule has 0 atom stereocenters. The van der Waals surface area contributed by atoms with E-state index in [0.717, 1.165) is 22.0 Å². The van der Waals surface area contributed by atoms with Crippen molar-refractivity contribution in [2.24, 2.45) is 0 Å². The number of ether oxygens (including phenoxy) is 1. The van der Waals surface area contributed by atoms with Gasteiger partial charge in [-0.2, -0.15) is 8.42 Å². The van der Waals surface area contributed by atoms with Gasteiger partial charge in [0, 0.05) is 21.0 Å². The summed E-state index contributed by atoms with van der Waals surface area (Å²) in [5, 5.41) is 1.53. The van der Waals surface area contributed by atoms with Gasteiger partial charge in [0.25, 0.3) is 11.1 Å². The molecule has 1 heterocycles. The first-order valence-electron chi connectivity index (χ1n) is 11.5. The van der Waals surface area contributed by atoms with E-state index in [2.05, 4.69) is 0 Å². The highest BCUT2D eigenvalue weighted by atomic mass is 35.5. The van der Waals surface area contributed by atoms with E-state index < -0.39 is 21.3 Å². The Bertz CT molecular complexity index is 1750. The van der Waals surface area contributed by atoms with Crippen molar-refractivity contribution in [1.82, 2.24) is 4.90 Å². The van der Waals surface area contributed by atoms with E-state index in [1.165, 1.54) is 31.4 Å². The first kappa shape index (κ1) is 27.1. The van der Waals surface area contributed by atoms with Crippen molar-refractivity contribution in [2.75, 3.05) is 7.11 Å². The van der Waals surface area contributed by atoms with Gasteiger partial charge >= 0.3 is 10.1 Å². The number of carbonyl (C=O) groups is 2. The van der Waals surface area contributed by atoms with E-state index in [0.29, 0.717) is 26.6 Å². The van der Waals surface area contributed by atoms with Gasteiger partial charge in [-0.05, 0) is 59.1 Å². The quantitative estimate of drug-likeness (QED) is 0.164. The standard InChI is InChI=1S/C28H19Cl2NO6S2/c1-36-24-14-17(15-25-27(32)31(28(33)38-25)16-20-21(29)9-5-10-22(20)30)12-13-23(24)37-39(34,35)26-11-4-7-18-6-2-3-8-19(18)26/h2-15H,16H2,1H3/b25-15-. The molecule has 5 rings (SSSR count). The van der Waals surface area contributed by atoms with Crippen LogP contribution in [0.15, 0.2) is 88.7 Å². The van der Waals surface area contributed by atoms with Gasteiger partial charge in [0.1, 0.15) is 4.90 Å². The summed E-state index contributed by atoms with van der Waals surface area (Å²) in [5.74, 6) is -0.391. The SMILES string of the molecule is COc1cc(/C=C2\SC(=O)N(Cc3c(Cl)cccc3Cl)C2=O)ccc1OS(=O)(=O)c1cccc2ccccc12. The zero-order valence-electron chi connectivity index (χ0n) is 20.3. The molecule has 4 aromatic carbocycles. The normalized spacial score (nSPS) is 14.8. The second-order valence-corrected chi connectivity index (χ2v) is 11.7. The topological polar surface area (TPSA) is 90.0 Å². The van der Waals surface area contributed by atoms with Crippen LogP contribution in [0.2, 0.25) is 10.0 Å². The lowest BCUT2D eigenvalue weighted by molar-refractivity contribution is -0.123. The Morgan fingerprint density at radius 3 is 2.33 bits per heavy atom. The highest BCUT2D eigenvalue weighted by molar-refractivity contribution is 8.18. The lowest BCUT2D eigenvalue weighted by Crippen LogP contribution is -2.27. The average Bonchev–Trinajstić information content (AvgIpc) is 3.18. The number of hydrogen-bond acceptors (Lipinski definition) is 7. The predicted octanol–water partition coefficient (Wildman–Crippen LogP) is 7.16. The van der Waals surface area contributed by atoms with E-state index >= 15 is 0 Å². The zero-order chi connectivity index (χ0) is 27.7. The molecule has 0 N–H and O–H groups in total. The smallest absolute Gasteiger partial charge is 0.339 e. The summed E-state index contributed by atoms with van der Waals surface area (Å²) >= 11 is 13.2. The van der Waals surface area contributed by atoms with Gasteiger partial charge in [-0.25, -0.2) is 0 Å². The van der Waals surface area contributed by atoms with Crippen molar-refractivity contribution in [3.05, 3.63) is 105 Å². The summed E-state index contributed by atoms with van der Waals surface area (Å²) in [5.41, 5.74) is 0.975. The van der Waals surface area contributed by atoms with Crippen molar-refractivity contribution in [3.63, 3.8) is 0 Å². The molecule has 0 radical (unpaired) electrons. The largest absolute Gasteiger partial charge is 0.493 e. The van der Waals surface area contributed by atoms with E-state index in [9.17, 15) is 18.0 Å². The number of fused-ring (bicyclic) bond motifs is 1. The Labute approximate surface area is 239 Å². The number of halogens is 2. The molecular weight excluding hydrogens is 581 g/mol. The first-order chi connectivity index (χ1) is 18.7.